The molecule has 0 aromatic carbocycles. The highest BCUT2D eigenvalue weighted by atomic mass is 35.5. The number of thiazole rings is 1. The number of aryl methyl sites for hydroxylation is 1. The first-order valence-electron chi connectivity index (χ1n) is 6.01. The molecule has 20 heavy (non-hydrogen) atoms. The molecule has 1 aliphatic heterocycles. The van der Waals surface area contributed by atoms with Crippen LogP contribution in [0, 0.1) is 6.92 Å². The number of hydrogen-bond acceptors (Lipinski definition) is 5. The lowest BCUT2D eigenvalue weighted by atomic mass is 10.3. The molecule has 116 valence electrons. The molecule has 0 amide bonds. The topological polar surface area (TPSA) is 51.4 Å². The number of rotatable bonds is 3. The summed E-state index contributed by atoms with van der Waals surface area (Å²) < 4.78 is 42.7. The predicted octanol–water partition coefficient (Wildman–Crippen LogP) is 2.14. The molecule has 2 N–H and O–H groups in total. The minimum atomic E-state index is -4.33. The summed E-state index contributed by atoms with van der Waals surface area (Å²) in [5.41, 5.74) is 6.34. The van der Waals surface area contributed by atoms with Gasteiger partial charge in [0.05, 0.1) is 18.8 Å². The van der Waals surface area contributed by atoms with Crippen LogP contribution in [0.2, 0.25) is 0 Å². The van der Waals surface area contributed by atoms with E-state index in [-0.39, 0.29) is 25.6 Å². The van der Waals surface area contributed by atoms with E-state index in [1.54, 1.807) is 4.90 Å². The van der Waals surface area contributed by atoms with Crippen molar-refractivity contribution in [2.45, 2.75) is 25.6 Å². The fourth-order valence-corrected chi connectivity index (χ4v) is 3.04. The van der Waals surface area contributed by atoms with Gasteiger partial charge in [0.15, 0.2) is 11.2 Å². The van der Waals surface area contributed by atoms with Crippen molar-refractivity contribution in [1.82, 2.24) is 4.98 Å². The van der Waals surface area contributed by atoms with Gasteiger partial charge in [0.2, 0.25) is 0 Å². The lowest BCUT2D eigenvalue weighted by molar-refractivity contribution is -0.221. The van der Waals surface area contributed by atoms with Gasteiger partial charge >= 0.3 is 6.18 Å². The lowest BCUT2D eigenvalue weighted by Gasteiger charge is -2.33. The van der Waals surface area contributed by atoms with Crippen LogP contribution in [-0.4, -0.2) is 43.5 Å². The number of ether oxygens (including phenoxy) is 1. The van der Waals surface area contributed by atoms with Gasteiger partial charge in [-0.2, -0.15) is 13.2 Å². The van der Waals surface area contributed by atoms with Crippen molar-refractivity contribution in [3.63, 3.8) is 0 Å². The first-order valence-corrected chi connectivity index (χ1v) is 6.83. The summed E-state index contributed by atoms with van der Waals surface area (Å²) in [4.78, 5) is 7.01. The molecule has 2 rings (SSSR count). The van der Waals surface area contributed by atoms with Crippen molar-refractivity contribution in [2.75, 3.05) is 31.1 Å². The Morgan fingerprint density at radius 2 is 2.20 bits per heavy atom. The number of anilines is 1. The van der Waals surface area contributed by atoms with Crippen molar-refractivity contribution in [3.05, 3.63) is 10.6 Å². The predicted molar refractivity (Wildman–Crippen MR) is 74.9 cm³/mol. The zero-order valence-electron chi connectivity index (χ0n) is 10.9. The first kappa shape index (κ1) is 17.5. The maximum atomic E-state index is 12.7. The van der Waals surface area contributed by atoms with Crippen LogP contribution in [0.5, 0.6) is 0 Å². The lowest BCUT2D eigenvalue weighted by Crippen LogP contribution is -2.49. The minimum Gasteiger partial charge on any atom is -0.365 e. The van der Waals surface area contributed by atoms with Crippen LogP contribution in [0.15, 0.2) is 0 Å². The van der Waals surface area contributed by atoms with Gasteiger partial charge in [0.25, 0.3) is 0 Å². The van der Waals surface area contributed by atoms with Crippen LogP contribution in [0.25, 0.3) is 0 Å². The summed E-state index contributed by atoms with van der Waals surface area (Å²) in [6.07, 6.45) is -5.36. The van der Waals surface area contributed by atoms with Crippen LogP contribution >= 0.6 is 23.7 Å². The largest absolute Gasteiger partial charge is 0.416 e. The van der Waals surface area contributed by atoms with Gasteiger partial charge in [0, 0.05) is 11.4 Å². The number of aromatic nitrogens is 1. The Hall–Kier alpha value is -0.570. The Kier molecular flexibility index (Phi) is 6.06. The maximum absolute atomic E-state index is 12.7. The van der Waals surface area contributed by atoms with Gasteiger partial charge in [-0.3, -0.25) is 0 Å². The Bertz CT molecular complexity index is 441. The highest BCUT2D eigenvalue weighted by molar-refractivity contribution is 7.15. The fraction of sp³-hybridized carbons (Fsp3) is 0.727. The fourth-order valence-electron chi connectivity index (χ4n) is 1.93. The van der Waals surface area contributed by atoms with Crippen molar-refractivity contribution in [1.29, 1.82) is 0 Å². The molecule has 1 fully saturated rings. The minimum absolute atomic E-state index is 0. The maximum Gasteiger partial charge on any atom is 0.416 e. The number of morpholine rings is 1. The highest BCUT2D eigenvalue weighted by Crippen LogP contribution is 2.31. The first-order chi connectivity index (χ1) is 8.91. The zero-order chi connectivity index (χ0) is 14.0. The van der Waals surface area contributed by atoms with E-state index < -0.39 is 12.3 Å². The summed E-state index contributed by atoms with van der Waals surface area (Å²) >= 11 is 1.42. The zero-order valence-corrected chi connectivity index (χ0v) is 12.6. The average molecular weight is 332 g/mol. The highest BCUT2D eigenvalue weighted by Gasteiger charge is 2.43. The second-order valence-electron chi connectivity index (χ2n) is 4.39. The van der Waals surface area contributed by atoms with E-state index in [0.29, 0.717) is 24.6 Å². The van der Waals surface area contributed by atoms with E-state index in [9.17, 15) is 13.2 Å². The molecule has 4 nitrogen and oxygen atoms in total. The van der Waals surface area contributed by atoms with Gasteiger partial charge < -0.3 is 15.4 Å². The molecule has 1 atom stereocenters. The quantitative estimate of drug-likeness (QED) is 0.922. The number of halogens is 4. The van der Waals surface area contributed by atoms with Crippen molar-refractivity contribution >= 4 is 28.9 Å². The van der Waals surface area contributed by atoms with Crippen LogP contribution in [0.1, 0.15) is 10.6 Å². The SMILES string of the molecule is Cc1nc(N2CCO[C@@H](C(F)(F)F)C2)sc1CCN.Cl. The third-order valence-corrected chi connectivity index (χ3v) is 4.23. The molecule has 0 unspecified atom stereocenters. The third-order valence-electron chi connectivity index (χ3n) is 2.95. The summed E-state index contributed by atoms with van der Waals surface area (Å²) in [5, 5.41) is 0.624. The smallest absolute Gasteiger partial charge is 0.365 e. The Morgan fingerprint density at radius 3 is 2.80 bits per heavy atom. The molecule has 0 spiro atoms. The average Bonchev–Trinajstić information content (AvgIpc) is 2.71. The second-order valence-corrected chi connectivity index (χ2v) is 5.45. The number of alkyl halides is 3. The van der Waals surface area contributed by atoms with Gasteiger partial charge in [-0.15, -0.1) is 23.7 Å². The number of hydrogen-bond donors (Lipinski definition) is 1. The van der Waals surface area contributed by atoms with Gasteiger partial charge in [-0.25, -0.2) is 4.98 Å². The molecule has 0 saturated carbocycles. The van der Waals surface area contributed by atoms with E-state index in [4.69, 9.17) is 10.5 Å². The molecule has 1 aromatic rings. The van der Waals surface area contributed by atoms with Crippen LogP contribution in [0.4, 0.5) is 18.3 Å². The molecule has 1 saturated heterocycles. The van der Waals surface area contributed by atoms with E-state index in [1.165, 1.54) is 11.3 Å². The van der Waals surface area contributed by atoms with E-state index >= 15 is 0 Å². The second kappa shape index (κ2) is 6.93. The van der Waals surface area contributed by atoms with Crippen molar-refractivity contribution in [2.24, 2.45) is 5.73 Å². The summed E-state index contributed by atoms with van der Waals surface area (Å²) in [6, 6.07) is 0. The van der Waals surface area contributed by atoms with Crippen LogP contribution in [-0.2, 0) is 11.2 Å². The molecule has 2 heterocycles. The molecular formula is C11H17ClF3N3OS. The molecule has 0 aliphatic carbocycles. The summed E-state index contributed by atoms with van der Waals surface area (Å²) in [6.45, 7) is 2.67. The van der Waals surface area contributed by atoms with Crippen molar-refractivity contribution < 1.29 is 17.9 Å². The molecule has 0 radical (unpaired) electrons. The van der Waals surface area contributed by atoms with Gasteiger partial charge in [-0.05, 0) is 19.9 Å². The number of nitrogens with zero attached hydrogens (tertiary/aromatic N) is 2. The van der Waals surface area contributed by atoms with Crippen molar-refractivity contribution in [3.8, 4) is 0 Å². The summed E-state index contributed by atoms with van der Waals surface area (Å²) in [5.74, 6) is 0. The Morgan fingerprint density at radius 1 is 1.50 bits per heavy atom. The normalized spacial score (nSPS) is 19.9. The van der Waals surface area contributed by atoms with E-state index in [2.05, 4.69) is 4.98 Å². The van der Waals surface area contributed by atoms with Gasteiger partial charge in [-0.1, -0.05) is 0 Å². The van der Waals surface area contributed by atoms with Crippen LogP contribution < -0.4 is 10.6 Å². The Balaban J connectivity index is 0.00000200. The van der Waals surface area contributed by atoms with Crippen LogP contribution in [0.3, 0.4) is 0 Å². The monoisotopic (exact) mass is 331 g/mol. The standard InChI is InChI=1S/C11H16F3N3OS.ClH/c1-7-8(2-3-15)19-10(16-7)17-4-5-18-9(6-17)11(12,13)14;/h9H,2-6,15H2,1H3;1H/t9-;/m1./s1. The third kappa shape index (κ3) is 3.97. The summed E-state index contributed by atoms with van der Waals surface area (Å²) in [7, 11) is 0. The molecular weight excluding hydrogens is 315 g/mol. The van der Waals surface area contributed by atoms with E-state index in [0.717, 1.165) is 10.6 Å². The molecule has 1 aromatic heterocycles. The van der Waals surface area contributed by atoms with E-state index in [1.807, 2.05) is 6.92 Å². The van der Waals surface area contributed by atoms with Gasteiger partial charge in [0.1, 0.15) is 0 Å². The Labute approximate surface area is 125 Å². The number of nitrogens with two attached hydrogens (primary N) is 1. The molecule has 1 aliphatic rings. The molecule has 9 heteroatoms. The molecule has 0 bridgehead atoms.